The molecule has 0 atom stereocenters. The maximum atomic E-state index is 8.22. The van der Waals surface area contributed by atoms with E-state index in [2.05, 4.69) is 117 Å². The Morgan fingerprint density at radius 2 is 1.29 bits per heavy atom. The van der Waals surface area contributed by atoms with Crippen molar-refractivity contribution in [2.75, 3.05) is 0 Å². The standard InChI is InChI=1S/C45H37N3O/c1-26(2)35-22-30(29-14-7-6-8-15-29)23-36(27(3)4)43(35)48-41-21-12-11-20-39(41)47-45(48)34-19-13-18-33-38-24-37-32-17-10-9-16-31(32)28(5)46-40(37)25-42(38)49-44(33)34/h6-27H,1-5H3/i5D3. The lowest BCUT2D eigenvalue weighted by molar-refractivity contribution is 0.670. The van der Waals surface area contributed by atoms with Crippen LogP contribution in [0.3, 0.4) is 0 Å². The van der Waals surface area contributed by atoms with Gasteiger partial charge in [0.05, 0.1) is 27.8 Å². The van der Waals surface area contributed by atoms with Crippen molar-refractivity contribution in [3.05, 3.63) is 138 Å². The molecule has 9 aromatic rings. The van der Waals surface area contributed by atoms with Gasteiger partial charge >= 0.3 is 0 Å². The molecule has 0 bridgehead atoms. The number of rotatable bonds is 5. The average Bonchev–Trinajstić information content (AvgIpc) is 3.71. The second-order valence-electron chi connectivity index (χ2n) is 13.6. The molecular formula is C45H37N3O. The highest BCUT2D eigenvalue weighted by molar-refractivity contribution is 6.17. The highest BCUT2D eigenvalue weighted by atomic mass is 16.3. The van der Waals surface area contributed by atoms with Crippen LogP contribution in [0.5, 0.6) is 0 Å². The zero-order chi connectivity index (χ0) is 35.9. The third-order valence-electron chi connectivity index (χ3n) is 9.87. The predicted molar refractivity (Wildman–Crippen MR) is 205 cm³/mol. The quantitative estimate of drug-likeness (QED) is 0.176. The molecule has 3 aromatic heterocycles. The third kappa shape index (κ3) is 4.58. The van der Waals surface area contributed by atoms with Gasteiger partial charge in [0.25, 0.3) is 0 Å². The molecule has 0 saturated heterocycles. The maximum Gasteiger partial charge on any atom is 0.149 e. The Bertz CT molecular complexity index is 2820. The fourth-order valence-corrected chi connectivity index (χ4v) is 7.47. The summed E-state index contributed by atoms with van der Waals surface area (Å²) in [4.78, 5) is 10.0. The number of hydrogen-bond acceptors (Lipinski definition) is 3. The molecule has 0 unspecified atom stereocenters. The molecular weight excluding hydrogens is 599 g/mol. The molecule has 0 aliphatic heterocycles. The van der Waals surface area contributed by atoms with Crippen LogP contribution in [0.1, 0.15) is 60.5 Å². The predicted octanol–water partition coefficient (Wildman–Crippen LogP) is 12.5. The first-order chi connectivity index (χ1) is 25.1. The van der Waals surface area contributed by atoms with Crippen LogP contribution in [-0.4, -0.2) is 14.5 Å². The Kier molecular flexibility index (Phi) is 5.98. The van der Waals surface area contributed by atoms with E-state index in [-0.39, 0.29) is 17.5 Å². The molecule has 0 N–H and O–H groups in total. The van der Waals surface area contributed by atoms with Crippen molar-refractivity contribution in [3.8, 4) is 28.2 Å². The van der Waals surface area contributed by atoms with Crippen molar-refractivity contribution in [1.29, 1.82) is 0 Å². The number of nitrogens with zero attached hydrogens (tertiary/aromatic N) is 3. The first kappa shape index (κ1) is 26.2. The maximum absolute atomic E-state index is 8.22. The highest BCUT2D eigenvalue weighted by Gasteiger charge is 2.25. The number of aryl methyl sites for hydroxylation is 1. The zero-order valence-corrected chi connectivity index (χ0v) is 28.0. The van der Waals surface area contributed by atoms with Crippen LogP contribution in [0.4, 0.5) is 0 Å². The van der Waals surface area contributed by atoms with Crippen molar-refractivity contribution in [2.24, 2.45) is 0 Å². The molecule has 0 saturated carbocycles. The van der Waals surface area contributed by atoms with Crippen molar-refractivity contribution in [1.82, 2.24) is 14.5 Å². The molecule has 0 radical (unpaired) electrons. The zero-order valence-electron chi connectivity index (χ0n) is 31.0. The van der Waals surface area contributed by atoms with E-state index in [1.807, 2.05) is 36.4 Å². The molecule has 238 valence electrons. The number of pyridine rings is 1. The molecule has 3 heterocycles. The molecule has 0 fully saturated rings. The van der Waals surface area contributed by atoms with E-state index in [0.29, 0.717) is 16.5 Å². The van der Waals surface area contributed by atoms with Crippen LogP contribution in [0.15, 0.2) is 126 Å². The van der Waals surface area contributed by atoms with E-state index in [1.165, 1.54) is 22.3 Å². The summed E-state index contributed by atoms with van der Waals surface area (Å²) in [6.07, 6.45) is 0. The second kappa shape index (κ2) is 11.2. The van der Waals surface area contributed by atoms with Crippen LogP contribution in [0.2, 0.25) is 0 Å². The normalized spacial score (nSPS) is 13.3. The lowest BCUT2D eigenvalue weighted by Gasteiger charge is -2.24. The van der Waals surface area contributed by atoms with Crippen molar-refractivity contribution in [3.63, 3.8) is 0 Å². The second-order valence-corrected chi connectivity index (χ2v) is 13.6. The first-order valence-corrected chi connectivity index (χ1v) is 17.0. The van der Waals surface area contributed by atoms with Gasteiger partial charge in [0.1, 0.15) is 17.0 Å². The van der Waals surface area contributed by atoms with E-state index in [9.17, 15) is 0 Å². The van der Waals surface area contributed by atoms with Crippen molar-refractivity contribution < 1.29 is 8.53 Å². The summed E-state index contributed by atoms with van der Waals surface area (Å²) >= 11 is 0. The Labute approximate surface area is 289 Å². The van der Waals surface area contributed by atoms with Gasteiger partial charge in [-0.1, -0.05) is 107 Å². The number of benzene rings is 6. The van der Waals surface area contributed by atoms with E-state index in [1.54, 1.807) is 0 Å². The van der Waals surface area contributed by atoms with Gasteiger partial charge in [0.15, 0.2) is 0 Å². The van der Waals surface area contributed by atoms with E-state index in [4.69, 9.17) is 18.5 Å². The van der Waals surface area contributed by atoms with Gasteiger partial charge in [0, 0.05) is 37.4 Å². The summed E-state index contributed by atoms with van der Waals surface area (Å²) in [5.41, 5.74) is 10.9. The van der Waals surface area contributed by atoms with E-state index < -0.39 is 6.85 Å². The summed E-state index contributed by atoms with van der Waals surface area (Å²) in [5, 5.41) is 4.28. The van der Waals surface area contributed by atoms with Gasteiger partial charge < -0.3 is 4.42 Å². The van der Waals surface area contributed by atoms with Gasteiger partial charge in [0.2, 0.25) is 0 Å². The Balaban J connectivity index is 1.35. The van der Waals surface area contributed by atoms with Crippen LogP contribution >= 0.6 is 0 Å². The van der Waals surface area contributed by atoms with Crippen LogP contribution < -0.4 is 0 Å². The molecule has 0 amide bonds. The smallest absolute Gasteiger partial charge is 0.149 e. The van der Waals surface area contributed by atoms with E-state index in [0.717, 1.165) is 55.2 Å². The van der Waals surface area contributed by atoms with Crippen molar-refractivity contribution in [2.45, 2.75) is 46.4 Å². The van der Waals surface area contributed by atoms with Crippen LogP contribution in [0.25, 0.3) is 82.8 Å². The number of imidazole rings is 1. The molecule has 0 spiro atoms. The fourth-order valence-electron chi connectivity index (χ4n) is 7.47. The number of furan rings is 1. The first-order valence-electron chi connectivity index (χ1n) is 18.5. The minimum Gasteiger partial charge on any atom is -0.455 e. The van der Waals surface area contributed by atoms with Gasteiger partial charge in [-0.3, -0.25) is 9.55 Å². The SMILES string of the molecule is [2H]C([2H])([2H])c1nc2cc3oc4c(-c5nc6ccccc6n5-c5c(C(C)C)cc(-c6ccccc6)cc5C(C)C)cccc4c3cc2c2ccccc12. The lowest BCUT2D eigenvalue weighted by atomic mass is 9.88. The average molecular weight is 639 g/mol. The summed E-state index contributed by atoms with van der Waals surface area (Å²) in [6.45, 7) is 6.69. The van der Waals surface area contributed by atoms with Gasteiger partial charge in [-0.2, -0.15) is 0 Å². The summed E-state index contributed by atoms with van der Waals surface area (Å²) in [7, 11) is 0. The fraction of sp³-hybridized carbons (Fsp3) is 0.156. The summed E-state index contributed by atoms with van der Waals surface area (Å²) < 4.78 is 33.8. The largest absolute Gasteiger partial charge is 0.455 e. The number of fused-ring (bicyclic) bond motifs is 7. The Hall–Kier alpha value is -5.74. The third-order valence-corrected chi connectivity index (χ3v) is 9.87. The van der Waals surface area contributed by atoms with Crippen LogP contribution in [-0.2, 0) is 0 Å². The van der Waals surface area contributed by atoms with Gasteiger partial charge in [-0.15, -0.1) is 0 Å². The molecule has 9 rings (SSSR count). The van der Waals surface area contributed by atoms with Gasteiger partial charge in [-0.05, 0) is 82.7 Å². The molecule has 49 heavy (non-hydrogen) atoms. The molecule has 0 aliphatic carbocycles. The lowest BCUT2D eigenvalue weighted by Crippen LogP contribution is -2.09. The number of para-hydroxylation sites is 3. The Morgan fingerprint density at radius 3 is 2.04 bits per heavy atom. The van der Waals surface area contributed by atoms with Crippen molar-refractivity contribution >= 4 is 54.6 Å². The number of hydrogen-bond donors (Lipinski definition) is 0. The van der Waals surface area contributed by atoms with E-state index >= 15 is 0 Å². The monoisotopic (exact) mass is 638 g/mol. The molecule has 6 aromatic carbocycles. The molecule has 0 aliphatic rings. The minimum absolute atomic E-state index is 0.0978. The highest BCUT2D eigenvalue weighted by Crippen LogP contribution is 2.43. The Morgan fingerprint density at radius 1 is 0.592 bits per heavy atom. The number of aromatic nitrogens is 3. The summed E-state index contributed by atoms with van der Waals surface area (Å²) in [5.74, 6) is 1.28. The topological polar surface area (TPSA) is 43.9 Å². The van der Waals surface area contributed by atoms with Crippen LogP contribution in [0, 0.1) is 6.85 Å². The minimum atomic E-state index is -2.36. The summed E-state index contributed by atoms with van der Waals surface area (Å²) in [6, 6.07) is 41.5. The molecule has 4 nitrogen and oxygen atoms in total. The van der Waals surface area contributed by atoms with Gasteiger partial charge in [-0.25, -0.2) is 4.98 Å². The molecule has 4 heteroatoms.